The van der Waals surface area contributed by atoms with Gasteiger partial charge in [0.25, 0.3) is 0 Å². The fourth-order valence-corrected chi connectivity index (χ4v) is 1.50. The van der Waals surface area contributed by atoms with Crippen molar-refractivity contribution in [1.82, 2.24) is 0 Å². The van der Waals surface area contributed by atoms with Crippen LogP contribution in [0.1, 0.15) is 18.1 Å². The van der Waals surface area contributed by atoms with E-state index in [2.05, 4.69) is 5.16 Å². The summed E-state index contributed by atoms with van der Waals surface area (Å²) in [6.07, 6.45) is 1.28. The molecule has 2 atom stereocenters. The van der Waals surface area contributed by atoms with E-state index in [1.54, 1.807) is 0 Å². The normalized spacial score (nSPS) is 25.0. The molecule has 5 heteroatoms. The van der Waals surface area contributed by atoms with Crippen LogP contribution < -0.4 is 5.73 Å². The first-order chi connectivity index (χ1) is 7.18. The molecule has 0 fully saturated rings. The first kappa shape index (κ1) is 10.0. The number of rotatable bonds is 1. The van der Waals surface area contributed by atoms with Crippen LogP contribution in [0, 0.1) is 11.6 Å². The Morgan fingerprint density at radius 3 is 2.93 bits per heavy atom. The van der Waals surface area contributed by atoms with Gasteiger partial charge in [-0.05, 0) is 18.2 Å². The van der Waals surface area contributed by atoms with Crippen LogP contribution >= 0.6 is 0 Å². The van der Waals surface area contributed by atoms with E-state index < -0.39 is 23.8 Å². The van der Waals surface area contributed by atoms with Crippen molar-refractivity contribution >= 4 is 6.21 Å². The lowest BCUT2D eigenvalue weighted by atomic mass is 9.99. The van der Waals surface area contributed by atoms with Crippen LogP contribution in [0.4, 0.5) is 8.78 Å². The van der Waals surface area contributed by atoms with Gasteiger partial charge in [0.1, 0.15) is 11.6 Å². The molecule has 1 aliphatic rings. The van der Waals surface area contributed by atoms with Crippen molar-refractivity contribution in [2.75, 3.05) is 0 Å². The molecule has 2 N–H and O–H groups in total. The van der Waals surface area contributed by atoms with Crippen LogP contribution in [0.2, 0.25) is 0 Å². The summed E-state index contributed by atoms with van der Waals surface area (Å²) in [5.41, 5.74) is 5.84. The van der Waals surface area contributed by atoms with E-state index in [1.165, 1.54) is 6.21 Å². The average Bonchev–Trinajstić information content (AvgIpc) is 2.23. The summed E-state index contributed by atoms with van der Waals surface area (Å²) in [5.74, 6) is -1.05. The minimum Gasteiger partial charge on any atom is -0.386 e. The smallest absolute Gasteiger partial charge is 0.170 e. The van der Waals surface area contributed by atoms with Gasteiger partial charge in [0.05, 0.1) is 6.04 Å². The predicted molar refractivity (Wildman–Crippen MR) is 51.3 cm³/mol. The largest absolute Gasteiger partial charge is 0.386 e. The Kier molecular flexibility index (Phi) is 2.64. The zero-order valence-electron chi connectivity index (χ0n) is 7.86. The third-order valence-corrected chi connectivity index (χ3v) is 2.28. The topological polar surface area (TPSA) is 47.6 Å². The molecule has 2 rings (SSSR count). The van der Waals surface area contributed by atoms with Gasteiger partial charge in [-0.25, -0.2) is 8.78 Å². The average molecular weight is 212 g/mol. The van der Waals surface area contributed by atoms with E-state index in [-0.39, 0.29) is 5.56 Å². The highest BCUT2D eigenvalue weighted by Crippen LogP contribution is 2.27. The predicted octanol–water partition coefficient (Wildman–Crippen LogP) is 1.74. The Hall–Kier alpha value is -1.49. The van der Waals surface area contributed by atoms with Crippen LogP contribution in [-0.4, -0.2) is 12.3 Å². The molecule has 0 saturated carbocycles. The molecule has 1 heterocycles. The molecule has 0 amide bonds. The minimum atomic E-state index is -0.717. The zero-order chi connectivity index (χ0) is 10.8. The Morgan fingerprint density at radius 1 is 1.40 bits per heavy atom. The van der Waals surface area contributed by atoms with Crippen LogP contribution in [0.15, 0.2) is 23.4 Å². The standard InChI is InChI=1S/C10H10F2N2O/c11-6-1-2-8(12)7(5-6)10-9(13)3-4-14-15-10/h1-2,4-5,9-10H,3,13H2. The summed E-state index contributed by atoms with van der Waals surface area (Å²) in [4.78, 5) is 4.95. The highest BCUT2D eigenvalue weighted by molar-refractivity contribution is 5.58. The van der Waals surface area contributed by atoms with E-state index >= 15 is 0 Å². The summed E-state index contributed by atoms with van der Waals surface area (Å²) < 4.78 is 26.3. The SMILES string of the molecule is NC1CC=NOC1c1cc(F)ccc1F. The lowest BCUT2D eigenvalue weighted by Crippen LogP contribution is -2.32. The van der Waals surface area contributed by atoms with Crippen molar-refractivity contribution in [3.05, 3.63) is 35.4 Å². The van der Waals surface area contributed by atoms with Gasteiger partial charge in [0.2, 0.25) is 0 Å². The third-order valence-electron chi connectivity index (χ3n) is 2.28. The number of halogens is 2. The van der Waals surface area contributed by atoms with Crippen molar-refractivity contribution in [1.29, 1.82) is 0 Å². The number of hydrogen-bond acceptors (Lipinski definition) is 3. The fourth-order valence-electron chi connectivity index (χ4n) is 1.50. The van der Waals surface area contributed by atoms with Gasteiger partial charge < -0.3 is 10.6 Å². The van der Waals surface area contributed by atoms with E-state index in [1.807, 2.05) is 0 Å². The van der Waals surface area contributed by atoms with Gasteiger partial charge in [-0.15, -0.1) is 0 Å². The molecule has 0 spiro atoms. The highest BCUT2D eigenvalue weighted by atomic mass is 19.1. The molecule has 15 heavy (non-hydrogen) atoms. The first-order valence-electron chi connectivity index (χ1n) is 4.56. The third kappa shape index (κ3) is 1.97. The van der Waals surface area contributed by atoms with Gasteiger partial charge in [0, 0.05) is 18.2 Å². The lowest BCUT2D eigenvalue weighted by Gasteiger charge is -2.24. The van der Waals surface area contributed by atoms with E-state index in [0.29, 0.717) is 6.42 Å². The highest BCUT2D eigenvalue weighted by Gasteiger charge is 2.27. The second kappa shape index (κ2) is 3.94. The second-order valence-corrected chi connectivity index (χ2v) is 3.38. The molecule has 0 aliphatic carbocycles. The number of benzene rings is 1. The van der Waals surface area contributed by atoms with Crippen molar-refractivity contribution < 1.29 is 13.6 Å². The molecule has 0 bridgehead atoms. The Balaban J connectivity index is 2.35. The minimum absolute atomic E-state index is 0.111. The summed E-state index contributed by atoms with van der Waals surface area (Å²) in [6.45, 7) is 0. The number of nitrogens with two attached hydrogens (primary N) is 1. The van der Waals surface area contributed by atoms with Crippen LogP contribution in [0.5, 0.6) is 0 Å². The van der Waals surface area contributed by atoms with Gasteiger partial charge in [-0.2, -0.15) is 0 Å². The number of hydrogen-bond donors (Lipinski definition) is 1. The van der Waals surface area contributed by atoms with Gasteiger partial charge >= 0.3 is 0 Å². The maximum atomic E-state index is 13.4. The van der Waals surface area contributed by atoms with E-state index in [0.717, 1.165) is 18.2 Å². The van der Waals surface area contributed by atoms with E-state index in [9.17, 15) is 8.78 Å². The Labute approximate surface area is 85.5 Å². The number of oxime groups is 1. The monoisotopic (exact) mass is 212 g/mol. The lowest BCUT2D eigenvalue weighted by molar-refractivity contribution is 0.0289. The molecule has 1 aliphatic heterocycles. The first-order valence-corrected chi connectivity index (χ1v) is 4.56. The molecule has 3 nitrogen and oxygen atoms in total. The maximum absolute atomic E-state index is 13.4. The second-order valence-electron chi connectivity index (χ2n) is 3.38. The molecule has 1 aromatic rings. The molecule has 0 saturated heterocycles. The van der Waals surface area contributed by atoms with Crippen LogP contribution in [-0.2, 0) is 4.84 Å². The molecular weight excluding hydrogens is 202 g/mol. The summed E-state index contributed by atoms with van der Waals surface area (Å²) in [5, 5.41) is 3.56. The summed E-state index contributed by atoms with van der Waals surface area (Å²) >= 11 is 0. The fraction of sp³-hybridized carbons (Fsp3) is 0.300. The van der Waals surface area contributed by atoms with Crippen LogP contribution in [0.3, 0.4) is 0 Å². The zero-order valence-corrected chi connectivity index (χ0v) is 7.86. The Bertz CT molecular complexity index is 395. The summed E-state index contributed by atoms with van der Waals surface area (Å²) in [6, 6.07) is 2.79. The number of nitrogens with zero attached hydrogens (tertiary/aromatic N) is 1. The molecule has 0 aromatic heterocycles. The van der Waals surface area contributed by atoms with E-state index in [4.69, 9.17) is 10.6 Å². The Morgan fingerprint density at radius 2 is 2.20 bits per heavy atom. The molecule has 0 radical (unpaired) electrons. The van der Waals surface area contributed by atoms with Gasteiger partial charge in [-0.3, -0.25) is 0 Å². The summed E-state index contributed by atoms with van der Waals surface area (Å²) in [7, 11) is 0. The van der Waals surface area contributed by atoms with Gasteiger partial charge in [0.15, 0.2) is 6.10 Å². The van der Waals surface area contributed by atoms with Crippen molar-refractivity contribution in [2.45, 2.75) is 18.6 Å². The molecular formula is C10H10F2N2O. The van der Waals surface area contributed by atoms with Crippen molar-refractivity contribution in [2.24, 2.45) is 10.9 Å². The van der Waals surface area contributed by atoms with Crippen molar-refractivity contribution in [3.63, 3.8) is 0 Å². The molecule has 1 aromatic carbocycles. The molecule has 80 valence electrons. The van der Waals surface area contributed by atoms with Crippen LogP contribution in [0.25, 0.3) is 0 Å². The quantitative estimate of drug-likeness (QED) is 0.770. The molecule has 2 unspecified atom stereocenters. The van der Waals surface area contributed by atoms with Crippen molar-refractivity contribution in [3.8, 4) is 0 Å². The van der Waals surface area contributed by atoms with Gasteiger partial charge in [-0.1, -0.05) is 5.16 Å². The maximum Gasteiger partial charge on any atom is 0.170 e.